The predicted molar refractivity (Wildman–Crippen MR) is 63.5 cm³/mol. The number of rotatable bonds is 2. The zero-order valence-electron chi connectivity index (χ0n) is 9.94. The van der Waals surface area contributed by atoms with Gasteiger partial charge in [0.1, 0.15) is 5.60 Å². The molecule has 0 aromatic carbocycles. The Kier molecular flexibility index (Phi) is 3.43. The summed E-state index contributed by atoms with van der Waals surface area (Å²) in [5.74, 6) is 0. The predicted octanol–water partition coefficient (Wildman–Crippen LogP) is 1.95. The number of sulfone groups is 1. The summed E-state index contributed by atoms with van der Waals surface area (Å²) < 4.78 is 60.7. The van der Waals surface area contributed by atoms with Crippen LogP contribution in [0.3, 0.4) is 0 Å². The molecular formula is C10H12F3NO3S2. The lowest BCUT2D eigenvalue weighted by Gasteiger charge is -2.27. The summed E-state index contributed by atoms with van der Waals surface area (Å²) in [6.07, 6.45) is -1.85. The maximum atomic E-state index is 12.5. The number of alkyl halides is 3. The molecule has 19 heavy (non-hydrogen) atoms. The van der Waals surface area contributed by atoms with Crippen molar-refractivity contribution in [1.82, 2.24) is 4.98 Å². The Labute approximate surface area is 112 Å². The topological polar surface area (TPSA) is 67.3 Å². The smallest absolute Gasteiger partial charge is 0.383 e. The van der Waals surface area contributed by atoms with E-state index in [-0.39, 0.29) is 17.7 Å². The molecule has 0 bridgehead atoms. The van der Waals surface area contributed by atoms with Crippen LogP contribution in [0, 0.1) is 0 Å². The van der Waals surface area contributed by atoms with Gasteiger partial charge in [0, 0.05) is 12.5 Å². The average molecular weight is 315 g/mol. The van der Waals surface area contributed by atoms with Gasteiger partial charge in [-0.05, 0) is 19.3 Å². The summed E-state index contributed by atoms with van der Waals surface area (Å²) >= 11 is 0.305. The van der Waals surface area contributed by atoms with Crippen LogP contribution in [-0.4, -0.2) is 30.0 Å². The molecule has 0 aliphatic heterocycles. The van der Waals surface area contributed by atoms with Crippen LogP contribution in [0.1, 0.15) is 29.1 Å². The first-order valence-corrected chi connectivity index (χ1v) is 8.27. The quantitative estimate of drug-likeness (QED) is 0.906. The lowest BCUT2D eigenvalue weighted by Crippen LogP contribution is -2.39. The summed E-state index contributed by atoms with van der Waals surface area (Å²) in [7, 11) is -3.54. The first kappa shape index (κ1) is 14.7. The number of aromatic nitrogens is 1. The summed E-state index contributed by atoms with van der Waals surface area (Å²) in [5, 5.41) is 8.32. The number of hydrogen-bond donors (Lipinski definition) is 1. The summed E-state index contributed by atoms with van der Waals surface area (Å²) in [6.45, 7) is 0. The van der Waals surface area contributed by atoms with Gasteiger partial charge in [0.15, 0.2) is 14.8 Å². The third-order valence-corrected chi connectivity index (χ3v) is 6.12. The van der Waals surface area contributed by atoms with Crippen LogP contribution in [-0.2, 0) is 21.6 Å². The normalized spacial score (nSPS) is 28.8. The fourth-order valence-corrected chi connectivity index (χ4v) is 4.99. The molecule has 1 aromatic rings. The van der Waals surface area contributed by atoms with Crippen LogP contribution >= 0.6 is 11.3 Å². The van der Waals surface area contributed by atoms with Crippen molar-refractivity contribution in [1.29, 1.82) is 0 Å². The molecule has 4 nitrogen and oxygen atoms in total. The van der Waals surface area contributed by atoms with E-state index in [9.17, 15) is 26.7 Å². The van der Waals surface area contributed by atoms with E-state index >= 15 is 0 Å². The van der Waals surface area contributed by atoms with Crippen LogP contribution in [0.5, 0.6) is 0 Å². The second-order valence-corrected chi connectivity index (χ2v) is 7.92. The van der Waals surface area contributed by atoms with Crippen molar-refractivity contribution < 1.29 is 26.7 Å². The Morgan fingerprint density at radius 3 is 2.63 bits per heavy atom. The van der Waals surface area contributed by atoms with Gasteiger partial charge < -0.3 is 5.11 Å². The highest BCUT2D eigenvalue weighted by Gasteiger charge is 2.50. The number of nitrogens with zero attached hydrogens (tertiary/aromatic N) is 1. The second-order valence-electron chi connectivity index (χ2n) is 4.66. The van der Waals surface area contributed by atoms with Gasteiger partial charge in [-0.1, -0.05) is 0 Å². The van der Waals surface area contributed by atoms with Crippen LogP contribution in [0.2, 0.25) is 0 Å². The van der Waals surface area contributed by atoms with Gasteiger partial charge in [0.2, 0.25) is 0 Å². The minimum Gasteiger partial charge on any atom is -0.383 e. The first-order valence-electron chi connectivity index (χ1n) is 5.50. The molecule has 1 fully saturated rings. The van der Waals surface area contributed by atoms with Crippen molar-refractivity contribution in [3.8, 4) is 0 Å². The Morgan fingerprint density at radius 2 is 2.16 bits per heavy atom. The van der Waals surface area contributed by atoms with Gasteiger partial charge in [0.05, 0.1) is 10.1 Å². The molecule has 108 valence electrons. The van der Waals surface area contributed by atoms with E-state index in [1.54, 1.807) is 0 Å². The molecule has 2 unspecified atom stereocenters. The Bertz CT molecular complexity index is 581. The van der Waals surface area contributed by atoms with Crippen molar-refractivity contribution in [2.24, 2.45) is 0 Å². The molecule has 0 radical (unpaired) electrons. The molecule has 0 amide bonds. The van der Waals surface area contributed by atoms with Crippen molar-refractivity contribution in [2.45, 2.75) is 36.3 Å². The average Bonchev–Trinajstić information content (AvgIpc) is 2.80. The van der Waals surface area contributed by atoms with E-state index in [1.165, 1.54) is 0 Å². The highest BCUT2D eigenvalue weighted by Crippen LogP contribution is 2.46. The maximum Gasteiger partial charge on any atom is 0.443 e. The Balaban J connectivity index is 2.42. The number of hydrogen-bond acceptors (Lipinski definition) is 5. The molecule has 1 heterocycles. The van der Waals surface area contributed by atoms with Crippen LogP contribution in [0.4, 0.5) is 13.2 Å². The SMILES string of the molecule is CS(=O)(=O)C1CCCC1(O)c1cnc(C(F)(F)F)s1. The summed E-state index contributed by atoms with van der Waals surface area (Å²) in [4.78, 5) is 3.20. The van der Waals surface area contributed by atoms with Gasteiger partial charge in [-0.15, -0.1) is 11.3 Å². The largest absolute Gasteiger partial charge is 0.443 e. The minimum atomic E-state index is -4.58. The first-order chi connectivity index (χ1) is 8.55. The highest BCUT2D eigenvalue weighted by atomic mass is 32.2. The van der Waals surface area contributed by atoms with E-state index in [4.69, 9.17) is 0 Å². The Hall–Kier alpha value is -0.670. The van der Waals surface area contributed by atoms with Crippen molar-refractivity contribution in [3.63, 3.8) is 0 Å². The number of halogens is 3. The molecule has 1 aliphatic carbocycles. The lowest BCUT2D eigenvalue weighted by molar-refractivity contribution is -0.137. The van der Waals surface area contributed by atoms with Gasteiger partial charge in [-0.2, -0.15) is 13.2 Å². The minimum absolute atomic E-state index is 0.0345. The van der Waals surface area contributed by atoms with Crippen molar-refractivity contribution in [2.75, 3.05) is 6.26 Å². The van der Waals surface area contributed by atoms with Gasteiger partial charge >= 0.3 is 6.18 Å². The summed E-state index contributed by atoms with van der Waals surface area (Å²) in [5.41, 5.74) is -1.76. The van der Waals surface area contributed by atoms with Crippen LogP contribution in [0.15, 0.2) is 6.20 Å². The fourth-order valence-electron chi connectivity index (χ4n) is 2.41. The molecule has 9 heteroatoms. The van der Waals surface area contributed by atoms with E-state index in [1.807, 2.05) is 0 Å². The zero-order chi connectivity index (χ0) is 14.5. The number of thiazole rings is 1. The van der Waals surface area contributed by atoms with Gasteiger partial charge in [0.25, 0.3) is 0 Å². The van der Waals surface area contributed by atoms with Gasteiger partial charge in [-0.25, -0.2) is 13.4 Å². The summed E-state index contributed by atoms with van der Waals surface area (Å²) in [6, 6.07) is 0. The second kappa shape index (κ2) is 4.42. The highest BCUT2D eigenvalue weighted by molar-refractivity contribution is 7.91. The third kappa shape index (κ3) is 2.63. The number of aliphatic hydroxyl groups is 1. The molecule has 1 aromatic heterocycles. The van der Waals surface area contributed by atoms with E-state index in [0.29, 0.717) is 17.8 Å². The van der Waals surface area contributed by atoms with E-state index in [2.05, 4.69) is 4.98 Å². The third-order valence-electron chi connectivity index (χ3n) is 3.25. The molecule has 2 rings (SSSR count). The van der Waals surface area contributed by atoms with Crippen LogP contribution in [0.25, 0.3) is 0 Å². The standard InChI is InChI=1S/C10H12F3NO3S2/c1-19(16,17)7-3-2-4-9(7,15)6-5-14-8(18-6)10(11,12)13/h5,7,15H,2-4H2,1H3. The zero-order valence-corrected chi connectivity index (χ0v) is 11.6. The molecular weight excluding hydrogens is 303 g/mol. The van der Waals surface area contributed by atoms with E-state index < -0.39 is 31.9 Å². The molecule has 0 saturated heterocycles. The maximum absolute atomic E-state index is 12.5. The van der Waals surface area contributed by atoms with Crippen LogP contribution < -0.4 is 0 Å². The molecule has 1 aliphatic rings. The monoisotopic (exact) mass is 315 g/mol. The van der Waals surface area contributed by atoms with Crippen molar-refractivity contribution in [3.05, 3.63) is 16.1 Å². The Morgan fingerprint density at radius 1 is 1.53 bits per heavy atom. The molecule has 0 spiro atoms. The van der Waals surface area contributed by atoms with E-state index in [0.717, 1.165) is 12.5 Å². The van der Waals surface area contributed by atoms with Crippen molar-refractivity contribution >= 4 is 21.2 Å². The lowest BCUT2D eigenvalue weighted by atomic mass is 10.0. The molecule has 2 atom stereocenters. The molecule has 1 N–H and O–H groups in total. The molecule has 1 saturated carbocycles. The van der Waals surface area contributed by atoms with Gasteiger partial charge in [-0.3, -0.25) is 0 Å². The fraction of sp³-hybridized carbons (Fsp3) is 0.700.